The van der Waals surface area contributed by atoms with Crippen LogP contribution in [0.5, 0.6) is 5.75 Å². The molecule has 0 aromatic heterocycles. The fourth-order valence-electron chi connectivity index (χ4n) is 2.41. The van der Waals surface area contributed by atoms with Gasteiger partial charge in [0.25, 0.3) is 0 Å². The molecule has 2 rings (SSSR count). The molecule has 140 valence electrons. The second-order valence-corrected chi connectivity index (χ2v) is 7.52. The Morgan fingerprint density at radius 3 is 2.50 bits per heavy atom. The molecule has 2 aromatic rings. The largest absolute Gasteiger partial charge is 0.497 e. The van der Waals surface area contributed by atoms with Gasteiger partial charge in [-0.2, -0.15) is 0 Å². The molecular formula is C18H23N3O4S. The third-order valence-electron chi connectivity index (χ3n) is 3.77. The Kier molecular flexibility index (Phi) is 6.73. The summed E-state index contributed by atoms with van der Waals surface area (Å²) in [6.45, 7) is 1.28. The van der Waals surface area contributed by atoms with Crippen molar-refractivity contribution in [3.05, 3.63) is 54.1 Å². The van der Waals surface area contributed by atoms with Crippen molar-refractivity contribution < 1.29 is 17.9 Å². The minimum absolute atomic E-state index is 0.00789. The summed E-state index contributed by atoms with van der Waals surface area (Å²) in [7, 11) is -0.167. The van der Waals surface area contributed by atoms with E-state index in [-0.39, 0.29) is 10.8 Å². The van der Waals surface area contributed by atoms with Gasteiger partial charge in [-0.15, -0.1) is 0 Å². The number of anilines is 1. The summed E-state index contributed by atoms with van der Waals surface area (Å²) in [5, 5.41) is 7.78. The van der Waals surface area contributed by atoms with Crippen LogP contribution in [-0.2, 0) is 21.4 Å². The third kappa shape index (κ3) is 6.14. The van der Waals surface area contributed by atoms with Gasteiger partial charge in [0.2, 0.25) is 15.9 Å². The first kappa shape index (κ1) is 19.9. The molecule has 0 aliphatic heterocycles. The van der Waals surface area contributed by atoms with Gasteiger partial charge in [-0.1, -0.05) is 12.1 Å². The molecular weight excluding hydrogens is 354 g/mol. The van der Waals surface area contributed by atoms with Crippen LogP contribution < -0.4 is 15.2 Å². The quantitative estimate of drug-likeness (QED) is 0.730. The van der Waals surface area contributed by atoms with E-state index in [0.29, 0.717) is 25.2 Å². The number of hydrogen-bond donors (Lipinski definition) is 2. The molecule has 26 heavy (non-hydrogen) atoms. The summed E-state index contributed by atoms with van der Waals surface area (Å²) in [5.74, 6) is 0.655. The molecule has 3 N–H and O–H groups in total. The SMILES string of the molecule is COc1cccc(CN(C)CCC(=O)Nc2ccc(S(N)(=O)=O)cc2)c1. The maximum Gasteiger partial charge on any atom is 0.238 e. The van der Waals surface area contributed by atoms with Gasteiger partial charge in [-0.05, 0) is 49.0 Å². The van der Waals surface area contributed by atoms with Gasteiger partial charge in [0.1, 0.15) is 5.75 Å². The summed E-state index contributed by atoms with van der Waals surface area (Å²) in [4.78, 5) is 14.1. The number of primary sulfonamides is 1. The molecule has 1 amide bonds. The number of carbonyl (C=O) groups excluding carboxylic acids is 1. The van der Waals surface area contributed by atoms with Crippen LogP contribution in [0.2, 0.25) is 0 Å². The van der Waals surface area contributed by atoms with Crippen LogP contribution in [0.1, 0.15) is 12.0 Å². The standard InChI is InChI=1S/C18H23N3O4S/c1-21(13-14-4-3-5-16(12-14)25-2)11-10-18(22)20-15-6-8-17(9-7-15)26(19,23)24/h3-9,12H,10-11,13H2,1-2H3,(H,20,22)(H2,19,23,24). The smallest absolute Gasteiger partial charge is 0.238 e. The highest BCUT2D eigenvalue weighted by atomic mass is 32.2. The molecule has 7 nitrogen and oxygen atoms in total. The first-order chi connectivity index (χ1) is 12.3. The monoisotopic (exact) mass is 377 g/mol. The number of carbonyl (C=O) groups is 1. The first-order valence-corrected chi connectivity index (χ1v) is 9.57. The van der Waals surface area contributed by atoms with E-state index in [4.69, 9.17) is 9.88 Å². The Labute approximate surface area is 153 Å². The Hall–Kier alpha value is -2.42. The highest BCUT2D eigenvalue weighted by Crippen LogP contribution is 2.15. The van der Waals surface area contributed by atoms with Gasteiger partial charge < -0.3 is 15.0 Å². The Balaban J connectivity index is 1.82. The van der Waals surface area contributed by atoms with Crippen LogP contribution in [0, 0.1) is 0 Å². The van der Waals surface area contributed by atoms with E-state index in [1.807, 2.05) is 36.2 Å². The molecule has 0 saturated heterocycles. The number of rotatable bonds is 8. The average Bonchev–Trinajstić information content (AvgIpc) is 2.60. The number of hydrogen-bond acceptors (Lipinski definition) is 5. The highest BCUT2D eigenvalue weighted by Gasteiger charge is 2.09. The van der Waals surface area contributed by atoms with Crippen LogP contribution in [-0.4, -0.2) is 39.9 Å². The number of nitrogens with zero attached hydrogens (tertiary/aromatic N) is 1. The lowest BCUT2D eigenvalue weighted by Gasteiger charge is -2.17. The minimum Gasteiger partial charge on any atom is -0.497 e. The summed E-state index contributed by atoms with van der Waals surface area (Å²) in [6.07, 6.45) is 0.317. The predicted octanol–water partition coefficient (Wildman–Crippen LogP) is 1.80. The van der Waals surface area contributed by atoms with Crippen molar-refractivity contribution in [2.75, 3.05) is 26.0 Å². The zero-order valence-corrected chi connectivity index (χ0v) is 15.6. The van der Waals surface area contributed by atoms with Crippen molar-refractivity contribution >= 4 is 21.6 Å². The number of amides is 1. The van der Waals surface area contributed by atoms with Crippen molar-refractivity contribution in [1.82, 2.24) is 4.90 Å². The molecule has 0 fully saturated rings. The molecule has 0 heterocycles. The number of ether oxygens (including phenoxy) is 1. The third-order valence-corrected chi connectivity index (χ3v) is 4.70. The zero-order chi connectivity index (χ0) is 19.2. The van der Waals surface area contributed by atoms with Gasteiger partial charge >= 0.3 is 0 Å². The summed E-state index contributed by atoms with van der Waals surface area (Å²) >= 11 is 0. The normalized spacial score (nSPS) is 11.4. The van der Waals surface area contributed by atoms with E-state index in [9.17, 15) is 13.2 Å². The van der Waals surface area contributed by atoms with E-state index in [2.05, 4.69) is 5.32 Å². The second-order valence-electron chi connectivity index (χ2n) is 5.96. The molecule has 0 saturated carbocycles. The van der Waals surface area contributed by atoms with E-state index >= 15 is 0 Å². The van der Waals surface area contributed by atoms with E-state index < -0.39 is 10.0 Å². The van der Waals surface area contributed by atoms with Crippen molar-refractivity contribution in [2.24, 2.45) is 5.14 Å². The molecule has 0 radical (unpaired) electrons. The summed E-state index contributed by atoms with van der Waals surface area (Å²) < 4.78 is 27.6. The molecule has 0 aliphatic carbocycles. The molecule has 0 atom stereocenters. The van der Waals surface area contributed by atoms with E-state index in [1.54, 1.807) is 7.11 Å². The maximum absolute atomic E-state index is 12.1. The lowest BCUT2D eigenvalue weighted by molar-refractivity contribution is -0.116. The number of nitrogens with one attached hydrogen (secondary N) is 1. The Morgan fingerprint density at radius 2 is 1.88 bits per heavy atom. The number of benzene rings is 2. The van der Waals surface area contributed by atoms with Gasteiger partial charge in [0, 0.05) is 25.2 Å². The molecule has 0 spiro atoms. The molecule has 0 unspecified atom stereocenters. The summed E-state index contributed by atoms with van der Waals surface area (Å²) in [5.41, 5.74) is 1.63. The van der Waals surface area contributed by atoms with Crippen LogP contribution >= 0.6 is 0 Å². The topological polar surface area (TPSA) is 102 Å². The molecule has 2 aromatic carbocycles. The lowest BCUT2D eigenvalue weighted by Crippen LogP contribution is -2.24. The van der Waals surface area contributed by atoms with Gasteiger partial charge in [0.15, 0.2) is 0 Å². The average molecular weight is 377 g/mol. The minimum atomic E-state index is -3.73. The summed E-state index contributed by atoms with van der Waals surface area (Å²) in [6, 6.07) is 13.5. The van der Waals surface area contributed by atoms with Gasteiger partial charge in [-0.25, -0.2) is 13.6 Å². The molecule has 0 bridgehead atoms. The maximum atomic E-state index is 12.1. The van der Waals surface area contributed by atoms with Gasteiger partial charge in [0.05, 0.1) is 12.0 Å². The first-order valence-electron chi connectivity index (χ1n) is 8.02. The van der Waals surface area contributed by atoms with Crippen molar-refractivity contribution in [3.8, 4) is 5.75 Å². The molecule has 0 aliphatic rings. The highest BCUT2D eigenvalue weighted by molar-refractivity contribution is 7.89. The number of nitrogens with two attached hydrogens (primary N) is 1. The van der Waals surface area contributed by atoms with Crippen LogP contribution in [0.4, 0.5) is 5.69 Å². The van der Waals surface area contributed by atoms with Crippen molar-refractivity contribution in [1.29, 1.82) is 0 Å². The van der Waals surface area contributed by atoms with Crippen LogP contribution in [0.3, 0.4) is 0 Å². The predicted molar refractivity (Wildman–Crippen MR) is 100 cm³/mol. The zero-order valence-electron chi connectivity index (χ0n) is 14.8. The van der Waals surface area contributed by atoms with Crippen LogP contribution in [0.25, 0.3) is 0 Å². The fourth-order valence-corrected chi connectivity index (χ4v) is 2.92. The van der Waals surface area contributed by atoms with Gasteiger partial charge in [-0.3, -0.25) is 4.79 Å². The Bertz CT molecular complexity index is 851. The number of sulfonamides is 1. The molecule has 8 heteroatoms. The van der Waals surface area contributed by atoms with Crippen LogP contribution in [0.15, 0.2) is 53.4 Å². The van der Waals surface area contributed by atoms with Crippen molar-refractivity contribution in [2.45, 2.75) is 17.9 Å². The van der Waals surface area contributed by atoms with E-state index in [0.717, 1.165) is 11.3 Å². The Morgan fingerprint density at radius 1 is 1.19 bits per heavy atom. The van der Waals surface area contributed by atoms with Crippen molar-refractivity contribution in [3.63, 3.8) is 0 Å². The lowest BCUT2D eigenvalue weighted by atomic mass is 10.2. The van der Waals surface area contributed by atoms with E-state index in [1.165, 1.54) is 24.3 Å². The number of methoxy groups -OCH3 is 1. The fraction of sp³-hybridized carbons (Fsp3) is 0.278. The second kappa shape index (κ2) is 8.79.